The van der Waals surface area contributed by atoms with Gasteiger partial charge in [-0.3, -0.25) is 4.79 Å². The number of Topliss-reactive ketones (excluding diaryl/α,β-unsaturated/α-hetero) is 1. The summed E-state index contributed by atoms with van der Waals surface area (Å²) in [5.74, 6) is 3.22. The minimum absolute atomic E-state index is 0.0463. The Balaban J connectivity index is 1.77. The maximum Gasteiger partial charge on any atom is 0.139 e. The van der Waals surface area contributed by atoms with E-state index in [1.165, 1.54) is 17.5 Å². The molecule has 2 saturated carbocycles. The molecule has 1 aromatic carbocycles. The lowest BCUT2D eigenvalue weighted by Gasteiger charge is -2.49. The van der Waals surface area contributed by atoms with Crippen LogP contribution in [0.3, 0.4) is 0 Å². The summed E-state index contributed by atoms with van der Waals surface area (Å²) in [6, 6.07) is 5.93. The molecule has 0 unspecified atom stereocenters. The Kier molecular flexibility index (Phi) is 2.76. The Morgan fingerprint density at radius 3 is 2.86 bits per heavy atom. The number of rotatable bonds is 0. The fourth-order valence-corrected chi connectivity index (χ4v) is 5.64. The number of fused-ring (bicyclic) bond motifs is 5. The molecule has 1 aromatic rings. The first-order valence-electron chi connectivity index (χ1n) is 8.37. The lowest BCUT2D eigenvalue weighted by atomic mass is 9.54. The molecule has 0 saturated heterocycles. The van der Waals surface area contributed by atoms with Crippen LogP contribution in [0.25, 0.3) is 0 Å². The predicted octanol–water partition coefficient (Wildman–Crippen LogP) is 4.38. The van der Waals surface area contributed by atoms with Crippen molar-refractivity contribution < 1.29 is 9.90 Å². The van der Waals surface area contributed by atoms with Crippen molar-refractivity contribution in [2.75, 3.05) is 0 Å². The minimum Gasteiger partial charge on any atom is -0.508 e. The van der Waals surface area contributed by atoms with Crippen LogP contribution in [0.15, 0.2) is 18.2 Å². The second kappa shape index (κ2) is 4.34. The van der Waals surface area contributed by atoms with Crippen LogP contribution in [-0.4, -0.2) is 10.9 Å². The molecule has 0 radical (unpaired) electrons. The maximum atomic E-state index is 12.3. The smallest absolute Gasteiger partial charge is 0.139 e. The number of benzene rings is 1. The number of aromatic hydroxyl groups is 1. The molecule has 0 amide bonds. The van der Waals surface area contributed by atoms with E-state index in [9.17, 15) is 9.90 Å². The van der Waals surface area contributed by atoms with Crippen molar-refractivity contribution in [1.29, 1.82) is 0 Å². The molecule has 2 heteroatoms. The van der Waals surface area contributed by atoms with Gasteiger partial charge in [0.15, 0.2) is 0 Å². The maximum absolute atomic E-state index is 12.3. The molecule has 0 aromatic heterocycles. The Hall–Kier alpha value is -1.31. The van der Waals surface area contributed by atoms with E-state index in [2.05, 4.69) is 19.9 Å². The zero-order valence-electron chi connectivity index (χ0n) is 12.9. The van der Waals surface area contributed by atoms with Gasteiger partial charge in [0.25, 0.3) is 0 Å². The van der Waals surface area contributed by atoms with Gasteiger partial charge in [0.1, 0.15) is 11.5 Å². The average molecular weight is 284 g/mol. The number of carbonyl (C=O) groups excluding carboxylic acids is 1. The Bertz CT molecular complexity index is 606. The summed E-state index contributed by atoms with van der Waals surface area (Å²) in [5.41, 5.74) is 2.73. The fraction of sp³-hybridized carbons (Fsp3) is 0.632. The first kappa shape index (κ1) is 13.4. The van der Waals surface area contributed by atoms with Crippen LogP contribution in [0.2, 0.25) is 0 Å². The van der Waals surface area contributed by atoms with Gasteiger partial charge in [0.05, 0.1) is 0 Å². The van der Waals surface area contributed by atoms with E-state index in [4.69, 9.17) is 0 Å². The predicted molar refractivity (Wildman–Crippen MR) is 82.4 cm³/mol. The summed E-state index contributed by atoms with van der Waals surface area (Å²) >= 11 is 0. The van der Waals surface area contributed by atoms with E-state index >= 15 is 0 Å². The van der Waals surface area contributed by atoms with Gasteiger partial charge in [-0.1, -0.05) is 19.9 Å². The van der Waals surface area contributed by atoms with E-state index < -0.39 is 0 Å². The third-order valence-corrected chi connectivity index (χ3v) is 6.77. The molecule has 1 N–H and O–H groups in total. The van der Waals surface area contributed by atoms with Crippen LogP contribution < -0.4 is 0 Å². The summed E-state index contributed by atoms with van der Waals surface area (Å²) in [6.45, 7) is 4.50. The second-order valence-electron chi connectivity index (χ2n) is 7.74. The van der Waals surface area contributed by atoms with Crippen LogP contribution in [0.4, 0.5) is 0 Å². The summed E-state index contributed by atoms with van der Waals surface area (Å²) in [4.78, 5) is 12.3. The molecule has 0 heterocycles. The van der Waals surface area contributed by atoms with Crippen LogP contribution in [0.5, 0.6) is 5.75 Å². The highest BCUT2D eigenvalue weighted by Crippen LogP contribution is 2.61. The second-order valence-corrected chi connectivity index (χ2v) is 7.74. The standard InChI is InChI=1S/C19H24O2/c1-11-9-16-14(13-4-3-12(20)10-15(11)13)7-8-19(2)17(16)5-6-18(19)21/h3-4,10-11,14,16-17,20H,5-9H2,1-2H3/t11-,14-,16-,17+,19+/m1/s1. The highest BCUT2D eigenvalue weighted by Gasteiger charge is 2.55. The number of carbonyl (C=O) groups is 1. The lowest BCUT2D eigenvalue weighted by Crippen LogP contribution is -2.42. The molecule has 5 atom stereocenters. The molecule has 3 aliphatic carbocycles. The first-order valence-corrected chi connectivity index (χ1v) is 8.37. The van der Waals surface area contributed by atoms with Gasteiger partial charge in [-0.25, -0.2) is 0 Å². The molecule has 2 nitrogen and oxygen atoms in total. The van der Waals surface area contributed by atoms with Crippen molar-refractivity contribution in [2.24, 2.45) is 17.3 Å². The number of hydrogen-bond acceptors (Lipinski definition) is 2. The average Bonchev–Trinajstić information content (AvgIpc) is 2.76. The molecule has 0 bridgehead atoms. The number of ketones is 1. The van der Waals surface area contributed by atoms with E-state index in [1.807, 2.05) is 12.1 Å². The largest absolute Gasteiger partial charge is 0.508 e. The molecule has 4 rings (SSSR count). The van der Waals surface area contributed by atoms with Crippen molar-refractivity contribution in [3.63, 3.8) is 0 Å². The Morgan fingerprint density at radius 2 is 2.05 bits per heavy atom. The third kappa shape index (κ3) is 1.74. The van der Waals surface area contributed by atoms with Gasteiger partial charge in [0, 0.05) is 11.8 Å². The summed E-state index contributed by atoms with van der Waals surface area (Å²) in [5, 5.41) is 9.78. The van der Waals surface area contributed by atoms with Gasteiger partial charge < -0.3 is 5.11 Å². The molecular formula is C19H24O2. The van der Waals surface area contributed by atoms with E-state index in [0.29, 0.717) is 35.2 Å². The zero-order valence-corrected chi connectivity index (χ0v) is 12.9. The van der Waals surface area contributed by atoms with Crippen molar-refractivity contribution in [2.45, 2.75) is 57.8 Å². The van der Waals surface area contributed by atoms with Crippen LogP contribution in [-0.2, 0) is 4.79 Å². The molecule has 3 aliphatic rings. The first-order chi connectivity index (χ1) is 10.0. The number of phenols is 1. The van der Waals surface area contributed by atoms with Gasteiger partial charge in [0.2, 0.25) is 0 Å². The van der Waals surface area contributed by atoms with E-state index in [-0.39, 0.29) is 5.41 Å². The normalized spacial score (nSPS) is 41.3. The van der Waals surface area contributed by atoms with Gasteiger partial charge in [-0.15, -0.1) is 0 Å². The number of hydrogen-bond donors (Lipinski definition) is 1. The van der Waals surface area contributed by atoms with Crippen LogP contribution >= 0.6 is 0 Å². The molecule has 0 spiro atoms. The molecule has 2 fully saturated rings. The van der Waals surface area contributed by atoms with Crippen molar-refractivity contribution in [1.82, 2.24) is 0 Å². The molecule has 21 heavy (non-hydrogen) atoms. The molecular weight excluding hydrogens is 260 g/mol. The molecule has 0 aliphatic heterocycles. The fourth-order valence-electron chi connectivity index (χ4n) is 5.64. The van der Waals surface area contributed by atoms with Crippen molar-refractivity contribution in [3.05, 3.63) is 29.3 Å². The zero-order chi connectivity index (χ0) is 14.8. The quantitative estimate of drug-likeness (QED) is 0.767. The van der Waals surface area contributed by atoms with Crippen molar-refractivity contribution >= 4 is 5.78 Å². The Morgan fingerprint density at radius 1 is 1.24 bits per heavy atom. The summed E-state index contributed by atoms with van der Waals surface area (Å²) in [6.07, 6.45) is 5.24. The monoisotopic (exact) mass is 284 g/mol. The topological polar surface area (TPSA) is 37.3 Å². The third-order valence-electron chi connectivity index (χ3n) is 6.77. The highest BCUT2D eigenvalue weighted by molar-refractivity contribution is 5.87. The molecule has 112 valence electrons. The van der Waals surface area contributed by atoms with Gasteiger partial charge in [-0.2, -0.15) is 0 Å². The summed E-state index contributed by atoms with van der Waals surface area (Å²) in [7, 11) is 0. The summed E-state index contributed by atoms with van der Waals surface area (Å²) < 4.78 is 0. The van der Waals surface area contributed by atoms with Crippen molar-refractivity contribution in [3.8, 4) is 5.75 Å². The van der Waals surface area contributed by atoms with Crippen LogP contribution in [0, 0.1) is 17.3 Å². The van der Waals surface area contributed by atoms with E-state index in [1.54, 1.807) is 0 Å². The SMILES string of the molecule is C[C@@H]1C[C@@H]2[C@H](CC[C@]3(C)C(=O)CC[C@@H]23)c2ccc(O)cc21. The number of phenolic OH excluding ortho intramolecular Hbond substituents is 1. The lowest BCUT2D eigenvalue weighted by molar-refractivity contribution is -0.129. The highest BCUT2D eigenvalue weighted by atomic mass is 16.3. The van der Waals surface area contributed by atoms with Crippen LogP contribution in [0.1, 0.15) is 68.9 Å². The Labute approximate surface area is 126 Å². The van der Waals surface area contributed by atoms with Gasteiger partial charge >= 0.3 is 0 Å². The van der Waals surface area contributed by atoms with Gasteiger partial charge in [-0.05, 0) is 72.6 Å². The minimum atomic E-state index is -0.0463. The van der Waals surface area contributed by atoms with E-state index in [0.717, 1.165) is 25.7 Å².